The molecule has 0 spiro atoms. The van der Waals surface area contributed by atoms with Crippen LogP contribution in [0.3, 0.4) is 0 Å². The summed E-state index contributed by atoms with van der Waals surface area (Å²) in [5.41, 5.74) is 1.07. The van der Waals surface area contributed by atoms with E-state index in [1.165, 1.54) is 0 Å². The van der Waals surface area contributed by atoms with Gasteiger partial charge in [0.15, 0.2) is 11.5 Å². The van der Waals surface area contributed by atoms with Gasteiger partial charge in [0.2, 0.25) is 0 Å². The molecule has 0 saturated carbocycles. The molecule has 0 unspecified atom stereocenters. The van der Waals surface area contributed by atoms with Gasteiger partial charge >= 0.3 is 0 Å². The van der Waals surface area contributed by atoms with E-state index in [4.69, 9.17) is 21.7 Å². The third kappa shape index (κ3) is 3.33. The largest absolute Gasteiger partial charge is 0.493 e. The number of aromatic amines is 1. The smallest absolute Gasteiger partial charge is 0.161 e. The van der Waals surface area contributed by atoms with Crippen molar-refractivity contribution in [3.63, 3.8) is 0 Å². The van der Waals surface area contributed by atoms with Crippen LogP contribution in [0.4, 0.5) is 0 Å². The fraction of sp³-hybridized carbons (Fsp3) is 0.231. The Balaban J connectivity index is 2.28. The number of methoxy groups -OCH3 is 2. The van der Waals surface area contributed by atoms with Crippen molar-refractivity contribution in [2.24, 2.45) is 0 Å². The Morgan fingerprint density at radius 1 is 1.26 bits per heavy atom. The van der Waals surface area contributed by atoms with Gasteiger partial charge in [-0.1, -0.05) is 18.3 Å². The Labute approximate surface area is 124 Å². The number of nitrogens with zero attached hydrogens (tertiary/aromatic N) is 1. The molecule has 0 aliphatic carbocycles. The summed E-state index contributed by atoms with van der Waals surface area (Å²) in [5.74, 6) is 2.22. The van der Waals surface area contributed by atoms with Gasteiger partial charge in [-0.15, -0.1) is 0 Å². The third-order valence-electron chi connectivity index (χ3n) is 2.63. The van der Waals surface area contributed by atoms with Gasteiger partial charge in [0.25, 0.3) is 0 Å². The Bertz CT molecular complexity index is 643. The molecule has 0 saturated heterocycles. The van der Waals surface area contributed by atoms with Gasteiger partial charge in [0.1, 0.15) is 10.5 Å². The summed E-state index contributed by atoms with van der Waals surface area (Å²) in [7, 11) is 3.23. The lowest BCUT2D eigenvalue weighted by atomic mass is 10.1. The van der Waals surface area contributed by atoms with E-state index >= 15 is 0 Å². The van der Waals surface area contributed by atoms with Crippen LogP contribution in [0.2, 0.25) is 0 Å². The molecule has 2 aromatic rings. The van der Waals surface area contributed by atoms with Crippen molar-refractivity contribution in [1.29, 1.82) is 0 Å². The predicted molar refractivity (Wildman–Crippen MR) is 79.5 cm³/mol. The molecular weight excluding hydrogens is 328 g/mol. The highest BCUT2D eigenvalue weighted by Crippen LogP contribution is 2.28. The normalized spacial score (nSPS) is 10.3. The number of nitrogens with one attached hydrogen (secondary N) is 1. The van der Waals surface area contributed by atoms with Crippen LogP contribution in [0.25, 0.3) is 0 Å². The van der Waals surface area contributed by atoms with Gasteiger partial charge in [-0.25, -0.2) is 4.98 Å². The van der Waals surface area contributed by atoms with Crippen LogP contribution in [0, 0.1) is 4.64 Å². The summed E-state index contributed by atoms with van der Waals surface area (Å²) in [6.07, 6.45) is 2.35. The minimum absolute atomic E-state index is 0.644. The number of benzene rings is 1. The second-order valence-corrected chi connectivity index (χ2v) is 5.14. The molecule has 1 aromatic carbocycles. The molecule has 0 fully saturated rings. The van der Waals surface area contributed by atoms with Crippen molar-refractivity contribution in [2.75, 3.05) is 14.2 Å². The first-order valence-corrected chi connectivity index (χ1v) is 6.78. The molecule has 1 aromatic heterocycles. The molecule has 0 aliphatic heterocycles. The van der Waals surface area contributed by atoms with Crippen LogP contribution in [-0.2, 0) is 6.42 Å². The Morgan fingerprint density at radius 3 is 2.63 bits per heavy atom. The zero-order valence-corrected chi connectivity index (χ0v) is 13.0. The highest BCUT2D eigenvalue weighted by atomic mass is 79.9. The van der Waals surface area contributed by atoms with E-state index in [1.807, 2.05) is 18.2 Å². The van der Waals surface area contributed by atoms with Crippen molar-refractivity contribution in [2.45, 2.75) is 6.42 Å². The molecule has 0 aliphatic rings. The van der Waals surface area contributed by atoms with E-state index in [9.17, 15) is 0 Å². The Morgan fingerprint density at radius 2 is 2.00 bits per heavy atom. The van der Waals surface area contributed by atoms with Crippen LogP contribution in [0.1, 0.15) is 11.4 Å². The van der Waals surface area contributed by atoms with Gasteiger partial charge in [-0.2, -0.15) is 0 Å². The maximum atomic E-state index is 5.27. The van der Waals surface area contributed by atoms with E-state index in [0.29, 0.717) is 22.6 Å². The molecule has 2 rings (SSSR count). The van der Waals surface area contributed by atoms with E-state index in [1.54, 1.807) is 20.4 Å². The van der Waals surface area contributed by atoms with Crippen LogP contribution < -0.4 is 9.47 Å². The number of hydrogen-bond donors (Lipinski definition) is 1. The van der Waals surface area contributed by atoms with Crippen molar-refractivity contribution in [1.82, 2.24) is 9.97 Å². The van der Waals surface area contributed by atoms with Crippen LogP contribution in [0.5, 0.6) is 11.5 Å². The highest BCUT2D eigenvalue weighted by Gasteiger charge is 2.06. The fourth-order valence-corrected chi connectivity index (χ4v) is 2.06. The first kappa shape index (κ1) is 14.0. The maximum absolute atomic E-state index is 5.27. The maximum Gasteiger partial charge on any atom is 0.161 e. The fourth-order valence-electron chi connectivity index (χ4n) is 1.69. The molecule has 0 atom stereocenters. The first-order chi connectivity index (χ1) is 9.13. The van der Waals surface area contributed by atoms with Gasteiger partial charge in [0, 0.05) is 12.6 Å². The SMILES string of the molecule is COc1ccc(Cc2ncc(Br)c(=S)[nH]2)cc1OC. The number of hydrogen-bond acceptors (Lipinski definition) is 4. The number of halogens is 1. The van der Waals surface area contributed by atoms with Gasteiger partial charge in [-0.05, 0) is 33.6 Å². The topological polar surface area (TPSA) is 47.1 Å². The van der Waals surface area contributed by atoms with Gasteiger partial charge < -0.3 is 14.5 Å². The first-order valence-electron chi connectivity index (χ1n) is 5.58. The van der Waals surface area contributed by atoms with E-state index in [2.05, 4.69) is 25.9 Å². The third-order valence-corrected chi connectivity index (χ3v) is 3.81. The molecule has 1 N–H and O–H groups in total. The second kappa shape index (κ2) is 6.16. The zero-order chi connectivity index (χ0) is 13.8. The standard InChI is InChI=1S/C13H13BrN2O2S/c1-17-10-4-3-8(5-11(10)18-2)6-12-15-7-9(14)13(19)16-12/h3-5,7H,6H2,1-2H3,(H,15,16,19). The molecule has 100 valence electrons. The summed E-state index contributed by atoms with van der Waals surface area (Å²) in [4.78, 5) is 7.37. The lowest BCUT2D eigenvalue weighted by molar-refractivity contribution is 0.354. The molecule has 0 bridgehead atoms. The molecule has 1 heterocycles. The molecule has 19 heavy (non-hydrogen) atoms. The number of rotatable bonds is 4. The number of aromatic nitrogens is 2. The summed E-state index contributed by atoms with van der Waals surface area (Å²) < 4.78 is 11.9. The molecule has 0 amide bonds. The van der Waals surface area contributed by atoms with Gasteiger partial charge in [-0.3, -0.25) is 0 Å². The van der Waals surface area contributed by atoms with Crippen molar-refractivity contribution in [3.05, 3.63) is 44.9 Å². The quantitative estimate of drug-likeness (QED) is 0.865. The Kier molecular flexibility index (Phi) is 4.55. The lowest BCUT2D eigenvalue weighted by Gasteiger charge is -2.09. The average molecular weight is 341 g/mol. The van der Waals surface area contributed by atoms with E-state index < -0.39 is 0 Å². The van der Waals surface area contributed by atoms with Gasteiger partial charge in [0.05, 0.1) is 18.7 Å². The molecule has 6 heteroatoms. The van der Waals surface area contributed by atoms with Crippen LogP contribution in [0.15, 0.2) is 28.9 Å². The van der Waals surface area contributed by atoms with Crippen molar-refractivity contribution >= 4 is 28.1 Å². The summed E-state index contributed by atoms with van der Waals surface area (Å²) >= 11 is 8.48. The molecule has 0 radical (unpaired) electrons. The second-order valence-electron chi connectivity index (χ2n) is 3.87. The van der Waals surface area contributed by atoms with E-state index in [-0.39, 0.29) is 0 Å². The summed E-state index contributed by atoms with van der Waals surface area (Å²) in [6.45, 7) is 0. The average Bonchev–Trinajstić information content (AvgIpc) is 2.43. The molecule has 4 nitrogen and oxygen atoms in total. The van der Waals surface area contributed by atoms with Crippen molar-refractivity contribution < 1.29 is 9.47 Å². The highest BCUT2D eigenvalue weighted by molar-refractivity contribution is 9.10. The summed E-state index contributed by atoms with van der Waals surface area (Å²) in [5, 5.41) is 0. The van der Waals surface area contributed by atoms with E-state index in [0.717, 1.165) is 15.9 Å². The minimum atomic E-state index is 0.644. The van der Waals surface area contributed by atoms with Crippen LogP contribution >= 0.6 is 28.1 Å². The number of H-pyrrole nitrogens is 1. The zero-order valence-electron chi connectivity index (χ0n) is 10.6. The summed E-state index contributed by atoms with van der Waals surface area (Å²) in [6, 6.07) is 5.78. The van der Waals surface area contributed by atoms with Crippen molar-refractivity contribution in [3.8, 4) is 11.5 Å². The monoisotopic (exact) mass is 340 g/mol. The molecular formula is C13H13BrN2O2S. The lowest BCUT2D eigenvalue weighted by Crippen LogP contribution is -1.98. The van der Waals surface area contributed by atoms with Crippen LogP contribution in [-0.4, -0.2) is 24.2 Å². The Hall–Kier alpha value is -1.40. The number of ether oxygens (including phenoxy) is 2. The minimum Gasteiger partial charge on any atom is -0.493 e. The predicted octanol–water partition coefficient (Wildman–Crippen LogP) is 3.51.